The first-order chi connectivity index (χ1) is 6.74. The Morgan fingerprint density at radius 2 is 2.00 bits per heavy atom. The third-order valence-corrected chi connectivity index (χ3v) is 2.10. The lowest BCUT2D eigenvalue weighted by atomic mass is 10.2. The van der Waals surface area contributed by atoms with E-state index in [1.807, 2.05) is 32.2 Å². The second-order valence-corrected chi connectivity index (χ2v) is 3.27. The maximum Gasteiger partial charge on any atom is 0.251 e. The minimum atomic E-state index is -0.0206. The van der Waals surface area contributed by atoms with Crippen LogP contribution in [0.5, 0.6) is 0 Å². The highest BCUT2D eigenvalue weighted by molar-refractivity contribution is 5.94. The molecule has 0 aliphatic heterocycles. The van der Waals surface area contributed by atoms with E-state index in [0.29, 0.717) is 18.2 Å². The highest BCUT2D eigenvalue weighted by Crippen LogP contribution is 1.97. The van der Waals surface area contributed by atoms with Crippen LogP contribution in [0.1, 0.15) is 17.3 Å². The van der Waals surface area contributed by atoms with Gasteiger partial charge in [-0.05, 0) is 26.1 Å². The maximum absolute atomic E-state index is 11.5. The predicted molar refractivity (Wildman–Crippen MR) is 57.3 cm³/mol. The van der Waals surface area contributed by atoms with Gasteiger partial charge in [-0.1, -0.05) is 18.2 Å². The quantitative estimate of drug-likeness (QED) is 0.748. The highest BCUT2D eigenvalue weighted by atomic mass is 16.1. The summed E-state index contributed by atoms with van der Waals surface area (Å²) >= 11 is 0. The number of carbonyl (C=O) groups excluding carboxylic acids is 1. The van der Waals surface area contributed by atoms with Crippen LogP contribution in [0.15, 0.2) is 30.3 Å². The lowest BCUT2D eigenvalue weighted by Gasteiger charge is -2.11. The molecule has 0 saturated heterocycles. The van der Waals surface area contributed by atoms with E-state index in [-0.39, 0.29) is 5.91 Å². The predicted octanol–water partition coefficient (Wildman–Crippen LogP) is 1.02. The number of hydrogen-bond donors (Lipinski definition) is 2. The van der Waals surface area contributed by atoms with Gasteiger partial charge < -0.3 is 10.6 Å². The minimum Gasteiger partial charge on any atom is -0.350 e. The summed E-state index contributed by atoms with van der Waals surface area (Å²) in [6.45, 7) is 2.66. The van der Waals surface area contributed by atoms with Crippen molar-refractivity contribution < 1.29 is 4.79 Å². The van der Waals surface area contributed by atoms with E-state index in [4.69, 9.17) is 0 Å². The molecule has 3 heteroatoms. The number of benzene rings is 1. The van der Waals surface area contributed by atoms with E-state index in [0.717, 1.165) is 0 Å². The summed E-state index contributed by atoms with van der Waals surface area (Å²) in [7, 11) is 1.87. The number of nitrogens with one attached hydrogen (secondary N) is 2. The van der Waals surface area contributed by atoms with Crippen molar-refractivity contribution in [1.29, 1.82) is 0 Å². The Hall–Kier alpha value is -1.35. The van der Waals surface area contributed by atoms with Crippen LogP contribution >= 0.6 is 0 Å². The summed E-state index contributed by atoms with van der Waals surface area (Å²) < 4.78 is 0. The zero-order valence-electron chi connectivity index (χ0n) is 8.58. The number of carbonyl (C=O) groups is 1. The van der Waals surface area contributed by atoms with Crippen LogP contribution in [-0.2, 0) is 0 Å². The van der Waals surface area contributed by atoms with Gasteiger partial charge in [-0.3, -0.25) is 4.79 Å². The first-order valence-electron chi connectivity index (χ1n) is 4.74. The van der Waals surface area contributed by atoms with Gasteiger partial charge in [-0.2, -0.15) is 0 Å². The zero-order chi connectivity index (χ0) is 10.4. The van der Waals surface area contributed by atoms with Crippen molar-refractivity contribution in [3.8, 4) is 0 Å². The van der Waals surface area contributed by atoms with Crippen molar-refractivity contribution in [3.05, 3.63) is 35.9 Å². The molecule has 1 amide bonds. The molecule has 0 aliphatic rings. The molecule has 0 radical (unpaired) electrons. The van der Waals surface area contributed by atoms with E-state index >= 15 is 0 Å². The fraction of sp³-hybridized carbons (Fsp3) is 0.364. The molecule has 0 spiro atoms. The van der Waals surface area contributed by atoms with E-state index in [1.54, 1.807) is 12.1 Å². The van der Waals surface area contributed by atoms with Crippen LogP contribution in [0.25, 0.3) is 0 Å². The maximum atomic E-state index is 11.5. The van der Waals surface area contributed by atoms with E-state index in [1.165, 1.54) is 0 Å². The van der Waals surface area contributed by atoms with E-state index in [2.05, 4.69) is 10.6 Å². The highest BCUT2D eigenvalue weighted by Gasteiger charge is 2.04. The Morgan fingerprint density at radius 3 is 2.57 bits per heavy atom. The van der Waals surface area contributed by atoms with Gasteiger partial charge in [-0.15, -0.1) is 0 Å². The van der Waals surface area contributed by atoms with Crippen molar-refractivity contribution in [2.75, 3.05) is 13.6 Å². The molecule has 0 heterocycles. The zero-order valence-corrected chi connectivity index (χ0v) is 8.58. The molecule has 3 nitrogen and oxygen atoms in total. The largest absolute Gasteiger partial charge is 0.350 e. The van der Waals surface area contributed by atoms with E-state index in [9.17, 15) is 4.79 Å². The molecule has 1 aromatic carbocycles. The molecule has 0 fully saturated rings. The molecule has 14 heavy (non-hydrogen) atoms. The molecule has 1 rings (SSSR count). The smallest absolute Gasteiger partial charge is 0.251 e. The van der Waals surface area contributed by atoms with Crippen LogP contribution in [0.4, 0.5) is 0 Å². The molecule has 0 aliphatic carbocycles. The van der Waals surface area contributed by atoms with Gasteiger partial charge in [0.25, 0.3) is 5.91 Å². The Balaban J connectivity index is 2.44. The minimum absolute atomic E-state index is 0.0206. The number of amides is 1. The van der Waals surface area contributed by atoms with Gasteiger partial charge in [0.2, 0.25) is 0 Å². The van der Waals surface area contributed by atoms with Gasteiger partial charge in [-0.25, -0.2) is 0 Å². The molecule has 0 aromatic heterocycles. The standard InChI is InChI=1S/C11H16N2O/c1-9(12-2)8-13-11(14)10-6-4-3-5-7-10/h3-7,9,12H,8H2,1-2H3,(H,13,14). The van der Waals surface area contributed by atoms with Gasteiger partial charge >= 0.3 is 0 Å². The van der Waals surface area contributed by atoms with E-state index < -0.39 is 0 Å². The van der Waals surface area contributed by atoms with Crippen LogP contribution in [0.3, 0.4) is 0 Å². The fourth-order valence-corrected chi connectivity index (χ4v) is 1.04. The summed E-state index contributed by atoms with van der Waals surface area (Å²) in [6, 6.07) is 9.51. The summed E-state index contributed by atoms with van der Waals surface area (Å²) in [5.74, 6) is -0.0206. The Labute approximate surface area is 84.5 Å². The monoisotopic (exact) mass is 192 g/mol. The molecule has 0 saturated carbocycles. The molecule has 2 N–H and O–H groups in total. The summed E-state index contributed by atoms with van der Waals surface area (Å²) in [4.78, 5) is 11.5. The second-order valence-electron chi connectivity index (χ2n) is 3.27. The second kappa shape index (κ2) is 5.40. The summed E-state index contributed by atoms with van der Waals surface area (Å²) in [5.41, 5.74) is 0.704. The number of likely N-dealkylation sites (N-methyl/N-ethyl adjacent to an activating group) is 1. The Bertz CT molecular complexity index is 285. The third kappa shape index (κ3) is 3.18. The van der Waals surface area contributed by atoms with Crippen molar-refractivity contribution in [2.24, 2.45) is 0 Å². The van der Waals surface area contributed by atoms with Gasteiger partial charge in [0.1, 0.15) is 0 Å². The lowest BCUT2D eigenvalue weighted by molar-refractivity contribution is 0.0950. The van der Waals surface area contributed by atoms with Gasteiger partial charge in [0.05, 0.1) is 0 Å². The van der Waals surface area contributed by atoms with Crippen molar-refractivity contribution in [1.82, 2.24) is 10.6 Å². The average molecular weight is 192 g/mol. The normalized spacial score (nSPS) is 12.1. The topological polar surface area (TPSA) is 41.1 Å². The first kappa shape index (κ1) is 10.7. The van der Waals surface area contributed by atoms with Crippen LogP contribution in [-0.4, -0.2) is 25.5 Å². The Morgan fingerprint density at radius 1 is 1.36 bits per heavy atom. The molecule has 1 unspecified atom stereocenters. The summed E-state index contributed by atoms with van der Waals surface area (Å²) in [5, 5.41) is 5.91. The number of hydrogen-bond acceptors (Lipinski definition) is 2. The van der Waals surface area contributed by atoms with Crippen molar-refractivity contribution in [3.63, 3.8) is 0 Å². The molecule has 1 aromatic rings. The Kier molecular flexibility index (Phi) is 4.13. The molecule has 76 valence electrons. The fourth-order valence-electron chi connectivity index (χ4n) is 1.04. The molecule has 0 bridgehead atoms. The molecular formula is C11H16N2O. The lowest BCUT2D eigenvalue weighted by Crippen LogP contribution is -2.37. The van der Waals surface area contributed by atoms with Crippen LogP contribution in [0, 0.1) is 0 Å². The van der Waals surface area contributed by atoms with Crippen molar-refractivity contribution in [2.45, 2.75) is 13.0 Å². The van der Waals surface area contributed by atoms with Crippen LogP contribution in [0.2, 0.25) is 0 Å². The average Bonchev–Trinajstić information content (AvgIpc) is 2.26. The SMILES string of the molecule is CNC(C)CNC(=O)c1ccccc1. The molecular weight excluding hydrogens is 176 g/mol. The number of rotatable bonds is 4. The van der Waals surface area contributed by atoms with Gasteiger partial charge in [0.15, 0.2) is 0 Å². The first-order valence-corrected chi connectivity index (χ1v) is 4.74. The van der Waals surface area contributed by atoms with Gasteiger partial charge in [0, 0.05) is 18.2 Å². The van der Waals surface area contributed by atoms with Crippen LogP contribution < -0.4 is 10.6 Å². The molecule has 1 atom stereocenters. The summed E-state index contributed by atoms with van der Waals surface area (Å²) in [6.07, 6.45) is 0. The third-order valence-electron chi connectivity index (χ3n) is 2.10. The van der Waals surface area contributed by atoms with Crippen molar-refractivity contribution >= 4 is 5.91 Å².